The number of benzene rings is 3. The van der Waals surface area contributed by atoms with E-state index < -0.39 is 0 Å². The highest BCUT2D eigenvalue weighted by molar-refractivity contribution is 6.04. The van der Waals surface area contributed by atoms with Crippen LogP contribution < -0.4 is 10.2 Å². The van der Waals surface area contributed by atoms with E-state index in [-0.39, 0.29) is 11.7 Å². The number of carbonyl (C=O) groups excluding carboxylic acids is 1. The maximum atomic E-state index is 13.0. The standard InChI is InChI=1S/C25H26FN3O/c1-19-5-11-24(12-6-19)29-15-13-28(14-16-29)18-20-3-2-4-21(17-20)25(30)27-23-9-7-22(26)8-10-23/h2-12,17H,13-16,18H2,1H3,(H,27,30). The van der Waals surface area contributed by atoms with Gasteiger partial charge in [0.1, 0.15) is 5.82 Å². The minimum atomic E-state index is -0.322. The van der Waals surface area contributed by atoms with Crippen molar-refractivity contribution in [1.82, 2.24) is 4.90 Å². The Balaban J connectivity index is 1.34. The number of rotatable bonds is 5. The lowest BCUT2D eigenvalue weighted by Gasteiger charge is -2.36. The molecule has 0 bridgehead atoms. The predicted octanol–water partition coefficient (Wildman–Crippen LogP) is 4.71. The van der Waals surface area contributed by atoms with Gasteiger partial charge in [0, 0.05) is 49.7 Å². The quantitative estimate of drug-likeness (QED) is 0.670. The van der Waals surface area contributed by atoms with Crippen molar-refractivity contribution >= 4 is 17.3 Å². The van der Waals surface area contributed by atoms with Gasteiger partial charge in [-0.1, -0.05) is 29.8 Å². The monoisotopic (exact) mass is 403 g/mol. The summed E-state index contributed by atoms with van der Waals surface area (Å²) in [5, 5.41) is 2.82. The smallest absolute Gasteiger partial charge is 0.255 e. The number of hydrogen-bond acceptors (Lipinski definition) is 3. The third-order valence-electron chi connectivity index (χ3n) is 5.47. The van der Waals surface area contributed by atoms with Gasteiger partial charge in [-0.3, -0.25) is 9.69 Å². The zero-order chi connectivity index (χ0) is 20.9. The molecule has 3 aromatic rings. The summed E-state index contributed by atoms with van der Waals surface area (Å²) in [5.41, 5.74) is 4.86. The number of carbonyl (C=O) groups is 1. The van der Waals surface area contributed by atoms with Crippen LogP contribution in [0.3, 0.4) is 0 Å². The maximum Gasteiger partial charge on any atom is 0.255 e. The van der Waals surface area contributed by atoms with E-state index in [1.54, 1.807) is 18.2 Å². The molecule has 0 spiro atoms. The Labute approximate surface area is 176 Å². The van der Waals surface area contributed by atoms with Crippen LogP contribution in [0.15, 0.2) is 72.8 Å². The van der Waals surface area contributed by atoms with E-state index >= 15 is 0 Å². The lowest BCUT2D eigenvalue weighted by atomic mass is 10.1. The first-order chi connectivity index (χ1) is 14.6. The van der Waals surface area contributed by atoms with Crippen molar-refractivity contribution < 1.29 is 9.18 Å². The molecule has 5 heteroatoms. The molecule has 1 aliphatic heterocycles. The van der Waals surface area contributed by atoms with Gasteiger partial charge < -0.3 is 10.2 Å². The number of nitrogens with zero attached hydrogens (tertiary/aromatic N) is 2. The summed E-state index contributed by atoms with van der Waals surface area (Å²) in [7, 11) is 0. The van der Waals surface area contributed by atoms with E-state index in [0.717, 1.165) is 38.3 Å². The van der Waals surface area contributed by atoms with Gasteiger partial charge in [0.2, 0.25) is 0 Å². The number of aryl methyl sites for hydroxylation is 1. The summed E-state index contributed by atoms with van der Waals surface area (Å²) in [5.74, 6) is -0.509. The Kier molecular flexibility index (Phi) is 6.10. The molecule has 3 aromatic carbocycles. The summed E-state index contributed by atoms with van der Waals surface area (Å²) in [4.78, 5) is 17.4. The molecule has 0 aromatic heterocycles. The summed E-state index contributed by atoms with van der Waals surface area (Å²) >= 11 is 0. The molecule has 0 atom stereocenters. The average Bonchev–Trinajstić information content (AvgIpc) is 2.77. The van der Waals surface area contributed by atoms with Crippen LogP contribution in [0.25, 0.3) is 0 Å². The van der Waals surface area contributed by atoms with Crippen molar-refractivity contribution in [2.45, 2.75) is 13.5 Å². The fourth-order valence-corrected chi connectivity index (χ4v) is 3.73. The number of amides is 1. The lowest BCUT2D eigenvalue weighted by Crippen LogP contribution is -2.45. The normalized spacial score (nSPS) is 14.5. The van der Waals surface area contributed by atoms with Crippen LogP contribution in [0.2, 0.25) is 0 Å². The van der Waals surface area contributed by atoms with Crippen LogP contribution in [-0.2, 0) is 6.54 Å². The minimum absolute atomic E-state index is 0.187. The fraction of sp³-hybridized carbons (Fsp3) is 0.240. The fourth-order valence-electron chi connectivity index (χ4n) is 3.73. The van der Waals surface area contributed by atoms with Crippen molar-refractivity contribution in [3.63, 3.8) is 0 Å². The Morgan fingerprint density at radius 3 is 2.33 bits per heavy atom. The van der Waals surface area contributed by atoms with E-state index in [4.69, 9.17) is 0 Å². The van der Waals surface area contributed by atoms with Gasteiger partial charge in [-0.05, 0) is 61.0 Å². The molecule has 0 radical (unpaired) electrons. The Hall–Kier alpha value is -3.18. The number of piperazine rings is 1. The van der Waals surface area contributed by atoms with Crippen LogP contribution in [0.4, 0.5) is 15.8 Å². The third kappa shape index (κ3) is 5.05. The molecule has 1 aliphatic rings. The summed E-state index contributed by atoms with van der Waals surface area (Å²) in [6, 6.07) is 22.2. The third-order valence-corrected chi connectivity index (χ3v) is 5.47. The second-order valence-corrected chi connectivity index (χ2v) is 7.76. The van der Waals surface area contributed by atoms with Crippen molar-refractivity contribution in [2.75, 3.05) is 36.4 Å². The second-order valence-electron chi connectivity index (χ2n) is 7.76. The van der Waals surface area contributed by atoms with Crippen LogP contribution >= 0.6 is 0 Å². The molecule has 154 valence electrons. The SMILES string of the molecule is Cc1ccc(N2CCN(Cc3cccc(C(=O)Nc4ccc(F)cc4)c3)CC2)cc1. The van der Waals surface area contributed by atoms with Crippen molar-refractivity contribution in [1.29, 1.82) is 0 Å². The van der Waals surface area contributed by atoms with Gasteiger partial charge in [-0.15, -0.1) is 0 Å². The average molecular weight is 404 g/mol. The van der Waals surface area contributed by atoms with Crippen LogP contribution in [0.5, 0.6) is 0 Å². The molecule has 0 unspecified atom stereocenters. The maximum absolute atomic E-state index is 13.0. The van der Waals surface area contributed by atoms with Gasteiger partial charge in [0.25, 0.3) is 5.91 Å². The Bertz CT molecular complexity index is 994. The molecule has 1 amide bonds. The van der Waals surface area contributed by atoms with E-state index in [1.165, 1.54) is 23.4 Å². The molecule has 4 rings (SSSR count). The number of hydrogen-bond donors (Lipinski definition) is 1. The number of nitrogens with one attached hydrogen (secondary N) is 1. The van der Waals surface area contributed by atoms with Crippen molar-refractivity contribution in [3.8, 4) is 0 Å². The minimum Gasteiger partial charge on any atom is -0.369 e. The Morgan fingerprint density at radius 2 is 1.63 bits per heavy atom. The van der Waals surface area contributed by atoms with E-state index in [0.29, 0.717) is 11.3 Å². The summed E-state index contributed by atoms with van der Waals surface area (Å²) in [6.45, 7) is 6.89. The van der Waals surface area contributed by atoms with Crippen LogP contribution in [-0.4, -0.2) is 37.0 Å². The lowest BCUT2D eigenvalue weighted by molar-refractivity contribution is 0.102. The highest BCUT2D eigenvalue weighted by Gasteiger charge is 2.17. The molecule has 0 aliphatic carbocycles. The van der Waals surface area contributed by atoms with Gasteiger partial charge >= 0.3 is 0 Å². The summed E-state index contributed by atoms with van der Waals surface area (Å²) < 4.78 is 13.0. The molecule has 30 heavy (non-hydrogen) atoms. The Morgan fingerprint density at radius 1 is 0.933 bits per heavy atom. The molecule has 1 N–H and O–H groups in total. The molecule has 1 fully saturated rings. The van der Waals surface area contributed by atoms with E-state index in [9.17, 15) is 9.18 Å². The van der Waals surface area contributed by atoms with Gasteiger partial charge in [0.05, 0.1) is 0 Å². The van der Waals surface area contributed by atoms with E-state index in [2.05, 4.69) is 52.4 Å². The zero-order valence-electron chi connectivity index (χ0n) is 17.1. The molecule has 4 nitrogen and oxygen atoms in total. The topological polar surface area (TPSA) is 35.6 Å². The van der Waals surface area contributed by atoms with Crippen LogP contribution in [0.1, 0.15) is 21.5 Å². The first-order valence-electron chi connectivity index (χ1n) is 10.3. The summed E-state index contributed by atoms with van der Waals surface area (Å²) in [6.07, 6.45) is 0. The number of halogens is 1. The highest BCUT2D eigenvalue weighted by Crippen LogP contribution is 2.19. The predicted molar refractivity (Wildman–Crippen MR) is 119 cm³/mol. The van der Waals surface area contributed by atoms with E-state index in [1.807, 2.05) is 12.1 Å². The second kappa shape index (κ2) is 9.09. The number of anilines is 2. The van der Waals surface area contributed by atoms with Gasteiger partial charge in [0.15, 0.2) is 0 Å². The molecule has 1 saturated heterocycles. The zero-order valence-corrected chi connectivity index (χ0v) is 17.1. The molecular formula is C25H26FN3O. The van der Waals surface area contributed by atoms with Crippen molar-refractivity contribution in [2.24, 2.45) is 0 Å². The molecule has 0 saturated carbocycles. The molecule has 1 heterocycles. The molecular weight excluding hydrogens is 377 g/mol. The highest BCUT2D eigenvalue weighted by atomic mass is 19.1. The first-order valence-corrected chi connectivity index (χ1v) is 10.3. The van der Waals surface area contributed by atoms with Gasteiger partial charge in [-0.2, -0.15) is 0 Å². The largest absolute Gasteiger partial charge is 0.369 e. The van der Waals surface area contributed by atoms with Crippen molar-refractivity contribution in [3.05, 3.63) is 95.3 Å². The van der Waals surface area contributed by atoms with Gasteiger partial charge in [-0.25, -0.2) is 4.39 Å². The van der Waals surface area contributed by atoms with Crippen LogP contribution in [0, 0.1) is 12.7 Å². The first kappa shape index (κ1) is 20.1.